The predicted octanol–water partition coefficient (Wildman–Crippen LogP) is 6.16. The molecule has 0 spiro atoms. The number of hydrogen-bond acceptors (Lipinski definition) is 5. The van der Waals surface area contributed by atoms with E-state index in [0.717, 1.165) is 28.9 Å². The first kappa shape index (κ1) is 19.3. The number of aromatic nitrogens is 2. The molecule has 1 unspecified atom stereocenters. The topological polar surface area (TPSA) is 64.6 Å². The summed E-state index contributed by atoms with van der Waals surface area (Å²) in [6, 6.07) is 12.2. The molecule has 2 aromatic carbocycles. The molecule has 32 heavy (non-hydrogen) atoms. The number of alkyl halides is 3. The van der Waals surface area contributed by atoms with Crippen molar-refractivity contribution in [3.63, 3.8) is 0 Å². The van der Waals surface area contributed by atoms with Crippen LogP contribution in [0, 0.1) is 6.92 Å². The van der Waals surface area contributed by atoms with Gasteiger partial charge >= 0.3 is 6.18 Å². The Morgan fingerprint density at radius 1 is 0.938 bits per heavy atom. The van der Waals surface area contributed by atoms with Gasteiger partial charge in [0, 0.05) is 16.7 Å². The van der Waals surface area contributed by atoms with Gasteiger partial charge in [-0.2, -0.15) is 13.2 Å². The average molecular weight is 438 g/mol. The molecule has 4 aromatic rings. The number of nitrogens with zero attached hydrogens (tertiary/aromatic N) is 2. The Kier molecular flexibility index (Phi) is 4.10. The van der Waals surface area contributed by atoms with Gasteiger partial charge in [0.1, 0.15) is 17.4 Å². The monoisotopic (exact) mass is 438 g/mol. The molecule has 5 nitrogen and oxygen atoms in total. The van der Waals surface area contributed by atoms with E-state index >= 15 is 0 Å². The summed E-state index contributed by atoms with van der Waals surface area (Å²) in [7, 11) is 0. The van der Waals surface area contributed by atoms with Crippen molar-refractivity contribution in [2.75, 3.05) is 6.61 Å². The Balaban J connectivity index is 1.49. The lowest BCUT2D eigenvalue weighted by atomic mass is 9.85. The zero-order chi connectivity index (χ0) is 22.0. The fourth-order valence-corrected chi connectivity index (χ4v) is 4.47. The highest BCUT2D eigenvalue weighted by Gasteiger charge is 2.43. The Morgan fingerprint density at radius 2 is 1.66 bits per heavy atom. The number of ether oxygens (including phenoxy) is 1. The molecule has 0 saturated carbocycles. The Morgan fingerprint density at radius 3 is 2.38 bits per heavy atom. The third-order valence-electron chi connectivity index (χ3n) is 6.09. The number of halogens is 3. The highest BCUT2D eigenvalue weighted by Crippen LogP contribution is 2.47. The van der Waals surface area contributed by atoms with Crippen molar-refractivity contribution in [3.05, 3.63) is 70.3 Å². The lowest BCUT2D eigenvalue weighted by molar-refractivity contribution is -0.136. The van der Waals surface area contributed by atoms with Crippen LogP contribution in [0.25, 0.3) is 34.0 Å². The fraction of sp³-hybridized carbons (Fsp3) is 0.250. The first-order chi connectivity index (χ1) is 15.4. The number of aryl methyl sites for hydroxylation is 2. The van der Waals surface area contributed by atoms with Crippen LogP contribution in [0.2, 0.25) is 0 Å². The van der Waals surface area contributed by atoms with E-state index in [0.29, 0.717) is 29.7 Å². The molecule has 0 radical (unpaired) electrons. The number of rotatable bonds is 3. The van der Waals surface area contributed by atoms with Crippen molar-refractivity contribution >= 4 is 0 Å². The van der Waals surface area contributed by atoms with Crippen LogP contribution < -0.4 is 0 Å². The van der Waals surface area contributed by atoms with E-state index in [4.69, 9.17) is 13.8 Å². The number of fused-ring (bicyclic) bond motifs is 3. The summed E-state index contributed by atoms with van der Waals surface area (Å²) in [6.07, 6.45) is -3.38. The van der Waals surface area contributed by atoms with Crippen LogP contribution in [-0.4, -0.2) is 16.9 Å². The summed E-state index contributed by atoms with van der Waals surface area (Å²) >= 11 is 0. The zero-order valence-corrected chi connectivity index (χ0v) is 17.0. The zero-order valence-electron chi connectivity index (χ0n) is 17.0. The van der Waals surface area contributed by atoms with Gasteiger partial charge in [0.05, 0.1) is 6.61 Å². The van der Waals surface area contributed by atoms with Crippen LogP contribution in [-0.2, 0) is 23.8 Å². The van der Waals surface area contributed by atoms with Crippen LogP contribution in [0.4, 0.5) is 13.2 Å². The van der Waals surface area contributed by atoms with Crippen molar-refractivity contribution in [2.24, 2.45) is 0 Å². The third-order valence-corrected chi connectivity index (χ3v) is 6.09. The van der Waals surface area contributed by atoms with E-state index in [-0.39, 0.29) is 23.3 Å². The van der Waals surface area contributed by atoms with Gasteiger partial charge < -0.3 is 13.8 Å². The molecule has 1 aliphatic heterocycles. The van der Waals surface area contributed by atoms with Crippen LogP contribution in [0.1, 0.15) is 33.9 Å². The highest BCUT2D eigenvalue weighted by molar-refractivity contribution is 5.79. The number of benzene rings is 2. The van der Waals surface area contributed by atoms with Gasteiger partial charge in [-0.3, -0.25) is 0 Å². The second kappa shape index (κ2) is 6.80. The van der Waals surface area contributed by atoms with Crippen LogP contribution in [0.5, 0.6) is 0 Å². The first-order valence-electron chi connectivity index (χ1n) is 10.3. The molecule has 162 valence electrons. The molecule has 1 aliphatic carbocycles. The SMILES string of the molecule is Cc1cc2c(cc1C1CO1)CCc1c-2noc1-c1noc(-c2ccccc2)c1C(F)(F)F. The third kappa shape index (κ3) is 2.97. The minimum atomic E-state index is -4.68. The second-order valence-electron chi connectivity index (χ2n) is 8.13. The van der Waals surface area contributed by atoms with E-state index < -0.39 is 11.7 Å². The van der Waals surface area contributed by atoms with Crippen molar-refractivity contribution < 1.29 is 27.0 Å². The van der Waals surface area contributed by atoms with E-state index in [9.17, 15) is 13.2 Å². The summed E-state index contributed by atoms with van der Waals surface area (Å²) in [5.74, 6) is -0.324. The smallest absolute Gasteiger partial charge is 0.368 e. The molecule has 1 atom stereocenters. The molecule has 2 aliphatic rings. The molecule has 6 rings (SSSR count). The summed E-state index contributed by atoms with van der Waals surface area (Å²) in [6.45, 7) is 2.72. The maximum absolute atomic E-state index is 14.1. The number of hydrogen-bond donors (Lipinski definition) is 0. The Hall–Kier alpha value is -3.39. The summed E-state index contributed by atoms with van der Waals surface area (Å²) in [5, 5.41) is 7.94. The van der Waals surface area contributed by atoms with Gasteiger partial charge in [0.15, 0.2) is 17.2 Å². The Labute approximate surface area is 180 Å². The number of epoxide rings is 1. The lowest BCUT2D eigenvalue weighted by Gasteiger charge is -2.17. The largest absolute Gasteiger partial charge is 0.422 e. The molecular weight excluding hydrogens is 421 g/mol. The minimum absolute atomic E-state index is 0.0103. The average Bonchev–Trinajstić information content (AvgIpc) is 3.35. The van der Waals surface area contributed by atoms with E-state index in [1.807, 2.05) is 13.0 Å². The molecule has 1 fully saturated rings. The van der Waals surface area contributed by atoms with Crippen molar-refractivity contribution in [1.29, 1.82) is 0 Å². The van der Waals surface area contributed by atoms with E-state index in [1.165, 1.54) is 0 Å². The quantitative estimate of drug-likeness (QED) is 0.359. The van der Waals surface area contributed by atoms with Gasteiger partial charge in [-0.1, -0.05) is 46.7 Å². The molecule has 0 bridgehead atoms. The molecule has 2 aromatic heterocycles. The molecule has 1 saturated heterocycles. The van der Waals surface area contributed by atoms with Crippen LogP contribution in [0.3, 0.4) is 0 Å². The summed E-state index contributed by atoms with van der Waals surface area (Å²) < 4.78 is 58.4. The van der Waals surface area contributed by atoms with E-state index in [1.54, 1.807) is 30.3 Å². The second-order valence-corrected chi connectivity index (χ2v) is 8.13. The highest BCUT2D eigenvalue weighted by atomic mass is 19.4. The maximum atomic E-state index is 14.1. The van der Waals surface area contributed by atoms with E-state index in [2.05, 4.69) is 16.4 Å². The molecule has 0 N–H and O–H groups in total. The molecule has 3 heterocycles. The molecule has 8 heteroatoms. The summed E-state index contributed by atoms with van der Waals surface area (Å²) in [4.78, 5) is 0. The predicted molar refractivity (Wildman–Crippen MR) is 109 cm³/mol. The molecule has 0 amide bonds. The van der Waals surface area contributed by atoms with Gasteiger partial charge in [0.2, 0.25) is 0 Å². The minimum Gasteiger partial charge on any atom is -0.368 e. The van der Waals surface area contributed by atoms with Crippen LogP contribution in [0.15, 0.2) is 51.5 Å². The normalized spacial score (nSPS) is 17.2. The van der Waals surface area contributed by atoms with Gasteiger partial charge in [-0.15, -0.1) is 0 Å². The van der Waals surface area contributed by atoms with Crippen molar-refractivity contribution in [2.45, 2.75) is 32.0 Å². The van der Waals surface area contributed by atoms with Gasteiger partial charge in [0.25, 0.3) is 0 Å². The van der Waals surface area contributed by atoms with Gasteiger partial charge in [-0.05, 0) is 42.5 Å². The van der Waals surface area contributed by atoms with Crippen molar-refractivity contribution in [3.8, 4) is 34.0 Å². The van der Waals surface area contributed by atoms with Crippen LogP contribution >= 0.6 is 0 Å². The molecular formula is C24H17F3N2O3. The van der Waals surface area contributed by atoms with Gasteiger partial charge in [-0.25, -0.2) is 0 Å². The summed E-state index contributed by atoms with van der Waals surface area (Å²) in [5.41, 5.74) is 4.34. The maximum Gasteiger partial charge on any atom is 0.422 e. The van der Waals surface area contributed by atoms with Crippen molar-refractivity contribution in [1.82, 2.24) is 10.3 Å². The first-order valence-corrected chi connectivity index (χ1v) is 10.3. The standard InChI is InChI=1S/C24H17F3N2O3/c1-12-9-17-14(10-16(12)18-11-30-18)7-8-15-20(17)28-32-23(15)21-19(24(25,26)27)22(31-29-21)13-5-3-2-4-6-13/h2-6,9-10,18H,7-8,11H2,1H3. The Bertz CT molecular complexity index is 1330. The lowest BCUT2D eigenvalue weighted by Crippen LogP contribution is -2.09. The fourth-order valence-electron chi connectivity index (χ4n) is 4.47.